The van der Waals surface area contributed by atoms with Crippen LogP contribution >= 0.6 is 0 Å². The summed E-state index contributed by atoms with van der Waals surface area (Å²) in [6.45, 7) is 5.95. The zero-order valence-electron chi connectivity index (χ0n) is 11.9. The topological polar surface area (TPSA) is 35.5 Å². The summed E-state index contributed by atoms with van der Waals surface area (Å²) in [5, 5.41) is 0. The summed E-state index contributed by atoms with van der Waals surface area (Å²) in [4.78, 5) is 11.5. The number of hydrogen-bond donors (Lipinski definition) is 0. The molecular weight excluding hydrogens is 264 g/mol. The maximum absolute atomic E-state index is 11.5. The Morgan fingerprint density at radius 1 is 1.14 bits per heavy atom. The number of carbonyl (C=O) groups is 1. The van der Waals surface area contributed by atoms with Crippen molar-refractivity contribution in [2.75, 3.05) is 6.61 Å². The first-order chi connectivity index (χ1) is 10.1. The van der Waals surface area contributed by atoms with Crippen LogP contribution in [0.1, 0.15) is 12.5 Å². The number of hydrogen-bond acceptors (Lipinski definition) is 3. The molecule has 0 saturated carbocycles. The van der Waals surface area contributed by atoms with Crippen LogP contribution in [0.15, 0.2) is 54.6 Å². The zero-order chi connectivity index (χ0) is 14.8. The van der Waals surface area contributed by atoms with E-state index in [2.05, 4.69) is 24.8 Å². The van der Waals surface area contributed by atoms with Gasteiger partial charge in [-0.05, 0) is 41.8 Å². The highest BCUT2D eigenvalue weighted by Crippen LogP contribution is 2.31. The molecule has 1 heterocycles. The number of rotatable bonds is 3. The van der Waals surface area contributed by atoms with E-state index in [-0.39, 0.29) is 0 Å². The van der Waals surface area contributed by atoms with Gasteiger partial charge in [0.25, 0.3) is 0 Å². The Labute approximate surface area is 123 Å². The van der Waals surface area contributed by atoms with Crippen LogP contribution in [0.5, 0.6) is 11.5 Å². The molecule has 1 aliphatic rings. The van der Waals surface area contributed by atoms with Gasteiger partial charge in [0.1, 0.15) is 11.5 Å². The van der Waals surface area contributed by atoms with Crippen LogP contribution in [-0.4, -0.2) is 12.6 Å². The highest BCUT2D eigenvalue weighted by atomic mass is 16.5. The average molecular weight is 280 g/mol. The van der Waals surface area contributed by atoms with E-state index < -0.39 is 5.97 Å². The molecule has 0 bridgehead atoms. The van der Waals surface area contributed by atoms with E-state index in [0.717, 1.165) is 29.9 Å². The van der Waals surface area contributed by atoms with Gasteiger partial charge in [-0.1, -0.05) is 30.8 Å². The van der Waals surface area contributed by atoms with Crippen LogP contribution in [0, 0.1) is 0 Å². The van der Waals surface area contributed by atoms with Crippen LogP contribution in [0.2, 0.25) is 0 Å². The molecule has 3 heteroatoms. The van der Waals surface area contributed by atoms with Crippen LogP contribution in [0.4, 0.5) is 0 Å². The van der Waals surface area contributed by atoms with Crippen molar-refractivity contribution in [3.63, 3.8) is 0 Å². The SMILES string of the molecule is C=C(C)C(=O)Oc1ccc(-c2ccc3c(c2)OCC3)cc1. The van der Waals surface area contributed by atoms with Crippen LogP contribution in [0.3, 0.4) is 0 Å². The van der Waals surface area contributed by atoms with Gasteiger partial charge in [0.05, 0.1) is 6.61 Å². The van der Waals surface area contributed by atoms with Gasteiger partial charge in [0, 0.05) is 12.0 Å². The lowest BCUT2D eigenvalue weighted by Crippen LogP contribution is -2.07. The highest BCUT2D eigenvalue weighted by molar-refractivity contribution is 5.88. The average Bonchev–Trinajstić information content (AvgIpc) is 2.95. The van der Waals surface area contributed by atoms with E-state index in [0.29, 0.717) is 11.3 Å². The van der Waals surface area contributed by atoms with Crippen molar-refractivity contribution in [1.82, 2.24) is 0 Å². The Balaban J connectivity index is 1.81. The van der Waals surface area contributed by atoms with Gasteiger partial charge < -0.3 is 9.47 Å². The molecule has 2 aromatic carbocycles. The lowest BCUT2D eigenvalue weighted by Gasteiger charge is -2.07. The quantitative estimate of drug-likeness (QED) is 0.488. The third-order valence-corrected chi connectivity index (χ3v) is 3.44. The molecule has 0 atom stereocenters. The van der Waals surface area contributed by atoms with E-state index >= 15 is 0 Å². The first-order valence-corrected chi connectivity index (χ1v) is 6.87. The number of fused-ring (bicyclic) bond motifs is 1. The third-order valence-electron chi connectivity index (χ3n) is 3.44. The molecule has 3 nitrogen and oxygen atoms in total. The largest absolute Gasteiger partial charge is 0.493 e. The third kappa shape index (κ3) is 2.82. The molecule has 0 saturated heterocycles. The van der Waals surface area contributed by atoms with Crippen molar-refractivity contribution in [3.05, 3.63) is 60.2 Å². The van der Waals surface area contributed by atoms with Crippen molar-refractivity contribution < 1.29 is 14.3 Å². The molecule has 21 heavy (non-hydrogen) atoms. The molecule has 0 amide bonds. The predicted molar refractivity (Wildman–Crippen MR) is 81.5 cm³/mol. The van der Waals surface area contributed by atoms with Crippen molar-refractivity contribution in [1.29, 1.82) is 0 Å². The fraction of sp³-hybridized carbons (Fsp3) is 0.167. The number of esters is 1. The summed E-state index contributed by atoms with van der Waals surface area (Å²) >= 11 is 0. The van der Waals surface area contributed by atoms with Gasteiger partial charge >= 0.3 is 5.97 Å². The van der Waals surface area contributed by atoms with Crippen LogP contribution < -0.4 is 9.47 Å². The lowest BCUT2D eigenvalue weighted by molar-refractivity contribution is -0.130. The maximum Gasteiger partial charge on any atom is 0.338 e. The van der Waals surface area contributed by atoms with E-state index in [1.165, 1.54) is 5.56 Å². The van der Waals surface area contributed by atoms with Crippen molar-refractivity contribution in [2.45, 2.75) is 13.3 Å². The minimum atomic E-state index is -0.409. The van der Waals surface area contributed by atoms with Crippen molar-refractivity contribution in [3.8, 4) is 22.6 Å². The summed E-state index contributed by atoms with van der Waals surface area (Å²) < 4.78 is 10.8. The minimum absolute atomic E-state index is 0.384. The molecule has 2 aromatic rings. The standard InChI is InChI=1S/C18H16O3/c1-12(2)18(19)21-16-7-5-13(6-8-16)15-4-3-14-9-10-20-17(14)11-15/h3-8,11H,1,9-10H2,2H3. The Morgan fingerprint density at radius 2 is 1.86 bits per heavy atom. The minimum Gasteiger partial charge on any atom is -0.493 e. The second kappa shape index (κ2) is 5.44. The van der Waals surface area contributed by atoms with Crippen molar-refractivity contribution in [2.24, 2.45) is 0 Å². The van der Waals surface area contributed by atoms with E-state index in [9.17, 15) is 4.79 Å². The Morgan fingerprint density at radius 3 is 2.57 bits per heavy atom. The van der Waals surface area contributed by atoms with Gasteiger partial charge in [-0.15, -0.1) is 0 Å². The molecule has 0 radical (unpaired) electrons. The first kappa shape index (κ1) is 13.4. The molecule has 3 rings (SSSR count). The zero-order valence-corrected chi connectivity index (χ0v) is 11.9. The molecule has 106 valence electrons. The summed E-state index contributed by atoms with van der Waals surface area (Å²) in [5.74, 6) is 1.07. The fourth-order valence-corrected chi connectivity index (χ4v) is 2.26. The Kier molecular flexibility index (Phi) is 3.48. The van der Waals surface area contributed by atoms with Gasteiger partial charge in [0.15, 0.2) is 0 Å². The van der Waals surface area contributed by atoms with Gasteiger partial charge in [-0.2, -0.15) is 0 Å². The van der Waals surface area contributed by atoms with Gasteiger partial charge in [-0.25, -0.2) is 4.79 Å². The maximum atomic E-state index is 11.5. The molecule has 0 fully saturated rings. The second-order valence-electron chi connectivity index (χ2n) is 5.12. The van der Waals surface area contributed by atoms with Crippen molar-refractivity contribution >= 4 is 5.97 Å². The normalized spacial score (nSPS) is 12.4. The van der Waals surface area contributed by atoms with Crippen LogP contribution in [0.25, 0.3) is 11.1 Å². The molecule has 0 N–H and O–H groups in total. The lowest BCUT2D eigenvalue weighted by atomic mass is 10.0. The Hall–Kier alpha value is -2.55. The first-order valence-electron chi connectivity index (χ1n) is 6.87. The molecule has 1 aliphatic heterocycles. The number of benzene rings is 2. The van der Waals surface area contributed by atoms with Crippen LogP contribution in [-0.2, 0) is 11.2 Å². The van der Waals surface area contributed by atoms with E-state index in [1.54, 1.807) is 19.1 Å². The predicted octanol–water partition coefficient (Wildman–Crippen LogP) is 3.77. The Bertz CT molecular complexity index is 699. The van der Waals surface area contributed by atoms with Gasteiger partial charge in [0.2, 0.25) is 0 Å². The summed E-state index contributed by atoms with van der Waals surface area (Å²) in [6, 6.07) is 13.7. The fourth-order valence-electron chi connectivity index (χ4n) is 2.26. The molecular formula is C18H16O3. The van der Waals surface area contributed by atoms with E-state index in [4.69, 9.17) is 9.47 Å². The van der Waals surface area contributed by atoms with E-state index in [1.807, 2.05) is 12.1 Å². The summed E-state index contributed by atoms with van der Waals surface area (Å²) in [5.41, 5.74) is 3.79. The molecule has 0 unspecified atom stereocenters. The monoisotopic (exact) mass is 280 g/mol. The summed E-state index contributed by atoms with van der Waals surface area (Å²) in [6.07, 6.45) is 0.978. The smallest absolute Gasteiger partial charge is 0.338 e. The number of ether oxygens (including phenoxy) is 2. The molecule has 0 spiro atoms. The molecule has 0 aromatic heterocycles. The second-order valence-corrected chi connectivity index (χ2v) is 5.12. The summed E-state index contributed by atoms with van der Waals surface area (Å²) in [7, 11) is 0. The highest BCUT2D eigenvalue weighted by Gasteiger charge is 2.12. The van der Waals surface area contributed by atoms with Gasteiger partial charge in [-0.3, -0.25) is 0 Å². The number of carbonyl (C=O) groups excluding carboxylic acids is 1. The molecule has 0 aliphatic carbocycles.